The number of nitro groups is 1. The molecule has 0 fully saturated rings. The lowest BCUT2D eigenvalue weighted by molar-refractivity contribution is -0.387. The zero-order valence-electron chi connectivity index (χ0n) is 7.72. The Balaban J connectivity index is 2.43. The largest absolute Gasteiger partial charge is 0.365 e. The van der Waals surface area contributed by atoms with Gasteiger partial charge in [-0.1, -0.05) is 24.3 Å². The summed E-state index contributed by atoms with van der Waals surface area (Å²) in [5, 5.41) is 10.5. The number of hydrogen-bond donors (Lipinski definition) is 0. The molecule has 1 heterocycles. The molecule has 1 atom stereocenters. The molecule has 1 aromatic carbocycles. The van der Waals surface area contributed by atoms with E-state index in [0.717, 1.165) is 6.07 Å². The minimum atomic E-state index is -0.820. The molecule has 0 radical (unpaired) electrons. The summed E-state index contributed by atoms with van der Waals surface area (Å²) < 4.78 is 18.8. The molecule has 15 heavy (non-hydrogen) atoms. The van der Waals surface area contributed by atoms with E-state index in [4.69, 9.17) is 4.74 Å². The minimum absolute atomic E-state index is 0.206. The molecule has 0 amide bonds. The predicted molar refractivity (Wildman–Crippen MR) is 50.9 cm³/mol. The first-order chi connectivity index (χ1) is 7.20. The van der Waals surface area contributed by atoms with Crippen LogP contribution in [0.4, 0.5) is 10.1 Å². The van der Waals surface area contributed by atoms with Crippen LogP contribution in [0, 0.1) is 15.9 Å². The van der Waals surface area contributed by atoms with E-state index in [-0.39, 0.29) is 5.56 Å². The highest BCUT2D eigenvalue weighted by atomic mass is 19.1. The van der Waals surface area contributed by atoms with Gasteiger partial charge >= 0.3 is 5.69 Å². The number of nitro benzene ring substituents is 1. The summed E-state index contributed by atoms with van der Waals surface area (Å²) >= 11 is 0. The van der Waals surface area contributed by atoms with E-state index < -0.39 is 22.5 Å². The molecule has 0 saturated heterocycles. The first-order valence-electron chi connectivity index (χ1n) is 4.41. The van der Waals surface area contributed by atoms with Crippen molar-refractivity contribution in [2.75, 3.05) is 6.61 Å². The highest BCUT2D eigenvalue weighted by Gasteiger charge is 2.23. The summed E-state index contributed by atoms with van der Waals surface area (Å²) in [7, 11) is 0. The van der Waals surface area contributed by atoms with Gasteiger partial charge in [0.25, 0.3) is 0 Å². The van der Waals surface area contributed by atoms with E-state index in [1.165, 1.54) is 12.1 Å². The summed E-state index contributed by atoms with van der Waals surface area (Å²) in [5.41, 5.74) is -0.311. The van der Waals surface area contributed by atoms with Gasteiger partial charge in [0.1, 0.15) is 6.10 Å². The van der Waals surface area contributed by atoms with Crippen molar-refractivity contribution in [3.63, 3.8) is 0 Å². The first-order valence-corrected chi connectivity index (χ1v) is 4.41. The van der Waals surface area contributed by atoms with Gasteiger partial charge in [-0.15, -0.1) is 0 Å². The second kappa shape index (κ2) is 3.78. The van der Waals surface area contributed by atoms with Crippen molar-refractivity contribution in [1.29, 1.82) is 0 Å². The molecule has 5 heteroatoms. The Kier molecular flexibility index (Phi) is 2.47. The number of nitrogens with zero attached hydrogens (tertiary/aromatic N) is 1. The number of ether oxygens (including phenoxy) is 1. The average molecular weight is 209 g/mol. The van der Waals surface area contributed by atoms with Crippen molar-refractivity contribution >= 4 is 5.69 Å². The van der Waals surface area contributed by atoms with Gasteiger partial charge in [-0.2, -0.15) is 4.39 Å². The van der Waals surface area contributed by atoms with Crippen molar-refractivity contribution in [1.82, 2.24) is 0 Å². The van der Waals surface area contributed by atoms with Crippen LogP contribution in [0.25, 0.3) is 0 Å². The molecule has 2 rings (SSSR count). The lowest BCUT2D eigenvalue weighted by Gasteiger charge is -2.09. The van der Waals surface area contributed by atoms with Gasteiger partial charge in [-0.3, -0.25) is 10.1 Å². The van der Waals surface area contributed by atoms with E-state index in [2.05, 4.69) is 0 Å². The van der Waals surface area contributed by atoms with Crippen LogP contribution in [0.15, 0.2) is 30.4 Å². The summed E-state index contributed by atoms with van der Waals surface area (Å²) in [6.07, 6.45) is 2.93. The van der Waals surface area contributed by atoms with Crippen molar-refractivity contribution in [2.45, 2.75) is 6.10 Å². The smallest absolute Gasteiger partial charge is 0.305 e. The molecule has 1 aromatic rings. The molecular formula is C10H8FNO3. The fourth-order valence-electron chi connectivity index (χ4n) is 1.49. The summed E-state index contributed by atoms with van der Waals surface area (Å²) in [6, 6.07) is 4.08. The molecule has 0 N–H and O–H groups in total. The van der Waals surface area contributed by atoms with E-state index in [0.29, 0.717) is 6.61 Å². The Morgan fingerprint density at radius 2 is 2.33 bits per heavy atom. The minimum Gasteiger partial charge on any atom is -0.365 e. The number of benzene rings is 1. The van der Waals surface area contributed by atoms with E-state index in [1.54, 1.807) is 12.2 Å². The molecule has 0 aromatic heterocycles. The molecule has 1 aliphatic rings. The molecule has 0 bridgehead atoms. The van der Waals surface area contributed by atoms with Gasteiger partial charge in [0.2, 0.25) is 5.82 Å². The molecular weight excluding hydrogens is 201 g/mol. The van der Waals surface area contributed by atoms with Crippen LogP contribution >= 0.6 is 0 Å². The molecule has 78 valence electrons. The number of hydrogen-bond acceptors (Lipinski definition) is 3. The van der Waals surface area contributed by atoms with Crippen LogP contribution in [0.5, 0.6) is 0 Å². The van der Waals surface area contributed by atoms with Crippen molar-refractivity contribution in [2.24, 2.45) is 0 Å². The Labute approximate surface area is 85.1 Å². The molecule has 1 aliphatic heterocycles. The Morgan fingerprint density at radius 3 is 2.93 bits per heavy atom. The Morgan fingerprint density at radius 1 is 1.53 bits per heavy atom. The number of halogens is 1. The maximum atomic E-state index is 13.6. The van der Waals surface area contributed by atoms with Crippen LogP contribution in [0.3, 0.4) is 0 Å². The molecule has 0 spiro atoms. The maximum Gasteiger partial charge on any atom is 0.305 e. The van der Waals surface area contributed by atoms with Crippen LogP contribution in [-0.4, -0.2) is 11.5 Å². The SMILES string of the molecule is O=[N+]([O-])c1cccc(C2C=CCO2)c1F. The average Bonchev–Trinajstić information content (AvgIpc) is 2.70. The lowest BCUT2D eigenvalue weighted by atomic mass is 10.1. The van der Waals surface area contributed by atoms with Crippen molar-refractivity contribution in [3.05, 3.63) is 51.8 Å². The van der Waals surface area contributed by atoms with Gasteiger partial charge in [0.15, 0.2) is 0 Å². The maximum absolute atomic E-state index is 13.6. The predicted octanol–water partition coefficient (Wildman–Crippen LogP) is 2.36. The summed E-state index contributed by atoms with van der Waals surface area (Å²) in [4.78, 5) is 9.76. The topological polar surface area (TPSA) is 52.4 Å². The standard InChI is InChI=1S/C10H8FNO3/c11-10-7(9-5-2-6-15-9)3-1-4-8(10)12(13)14/h1-5,9H,6H2. The summed E-state index contributed by atoms with van der Waals surface area (Å²) in [6.45, 7) is 0.410. The van der Waals surface area contributed by atoms with Gasteiger partial charge in [0, 0.05) is 11.6 Å². The zero-order valence-corrected chi connectivity index (χ0v) is 7.72. The van der Waals surface area contributed by atoms with Gasteiger partial charge < -0.3 is 4.74 Å². The third-order valence-corrected chi connectivity index (χ3v) is 2.19. The molecule has 1 unspecified atom stereocenters. The van der Waals surface area contributed by atoms with Gasteiger partial charge in [-0.05, 0) is 0 Å². The molecule has 0 saturated carbocycles. The normalized spacial score (nSPS) is 19.4. The highest BCUT2D eigenvalue weighted by Crippen LogP contribution is 2.29. The lowest BCUT2D eigenvalue weighted by Crippen LogP contribution is -2.02. The second-order valence-corrected chi connectivity index (χ2v) is 3.12. The third-order valence-electron chi connectivity index (χ3n) is 2.19. The van der Waals surface area contributed by atoms with Crippen molar-refractivity contribution < 1.29 is 14.1 Å². The fraction of sp³-hybridized carbons (Fsp3) is 0.200. The van der Waals surface area contributed by atoms with Crippen LogP contribution in [0.2, 0.25) is 0 Å². The Hall–Kier alpha value is -1.75. The number of rotatable bonds is 2. The van der Waals surface area contributed by atoms with E-state index in [1.807, 2.05) is 0 Å². The van der Waals surface area contributed by atoms with E-state index in [9.17, 15) is 14.5 Å². The quantitative estimate of drug-likeness (QED) is 0.426. The van der Waals surface area contributed by atoms with Crippen molar-refractivity contribution in [3.8, 4) is 0 Å². The van der Waals surface area contributed by atoms with E-state index >= 15 is 0 Å². The molecule has 0 aliphatic carbocycles. The van der Waals surface area contributed by atoms with Crippen LogP contribution in [0.1, 0.15) is 11.7 Å². The Bertz CT molecular complexity index is 431. The van der Waals surface area contributed by atoms with Gasteiger partial charge in [-0.25, -0.2) is 0 Å². The summed E-state index contributed by atoms with van der Waals surface area (Å²) in [5.74, 6) is -0.820. The zero-order chi connectivity index (χ0) is 10.8. The van der Waals surface area contributed by atoms with Crippen LogP contribution < -0.4 is 0 Å². The third kappa shape index (κ3) is 1.73. The highest BCUT2D eigenvalue weighted by molar-refractivity contribution is 5.39. The molecule has 4 nitrogen and oxygen atoms in total. The fourth-order valence-corrected chi connectivity index (χ4v) is 1.49. The van der Waals surface area contributed by atoms with Crippen LogP contribution in [-0.2, 0) is 4.74 Å². The second-order valence-electron chi connectivity index (χ2n) is 3.12. The van der Waals surface area contributed by atoms with Gasteiger partial charge in [0.05, 0.1) is 11.5 Å². The monoisotopic (exact) mass is 209 g/mol. The first kappa shape index (κ1) is 9.79.